The van der Waals surface area contributed by atoms with Crippen molar-refractivity contribution in [3.8, 4) is 11.3 Å². The van der Waals surface area contributed by atoms with Crippen LogP contribution in [0.3, 0.4) is 0 Å². The number of carbonyl (C=O) groups is 1. The molecule has 0 saturated carbocycles. The number of aldehydes is 1. The molecule has 0 spiro atoms. The standard InChI is InChI=1S/C11H6F3NOS/c12-11(13,14)8-1-2-10(15-4-8)7-3-9(5-16)17-6-7/h1-6H. The maximum Gasteiger partial charge on any atom is 0.417 e. The molecule has 2 aromatic heterocycles. The van der Waals surface area contributed by atoms with Crippen molar-refractivity contribution in [1.29, 1.82) is 0 Å². The van der Waals surface area contributed by atoms with E-state index in [0.29, 0.717) is 22.4 Å². The lowest BCUT2D eigenvalue weighted by Gasteiger charge is -2.05. The van der Waals surface area contributed by atoms with Crippen molar-refractivity contribution in [2.75, 3.05) is 0 Å². The lowest BCUT2D eigenvalue weighted by Crippen LogP contribution is -2.05. The molecule has 17 heavy (non-hydrogen) atoms. The predicted molar refractivity (Wildman–Crippen MR) is 57.9 cm³/mol. The van der Waals surface area contributed by atoms with Gasteiger partial charge in [-0.1, -0.05) is 0 Å². The number of aromatic nitrogens is 1. The number of rotatable bonds is 2. The molecule has 0 aliphatic carbocycles. The molecule has 0 N–H and O–H groups in total. The van der Waals surface area contributed by atoms with Gasteiger partial charge in [0.2, 0.25) is 0 Å². The summed E-state index contributed by atoms with van der Waals surface area (Å²) in [5, 5.41) is 1.68. The number of hydrogen-bond donors (Lipinski definition) is 0. The van der Waals surface area contributed by atoms with E-state index in [-0.39, 0.29) is 0 Å². The third-order valence-electron chi connectivity index (χ3n) is 2.12. The molecule has 0 bridgehead atoms. The van der Waals surface area contributed by atoms with Gasteiger partial charge in [-0.05, 0) is 18.2 Å². The maximum absolute atomic E-state index is 12.3. The average molecular weight is 257 g/mol. The molecule has 0 amide bonds. The summed E-state index contributed by atoms with van der Waals surface area (Å²) in [5.74, 6) is 0. The number of nitrogens with zero attached hydrogens (tertiary/aromatic N) is 1. The van der Waals surface area contributed by atoms with E-state index in [1.54, 1.807) is 11.4 Å². The molecule has 0 aliphatic heterocycles. The zero-order valence-corrected chi connectivity index (χ0v) is 9.18. The van der Waals surface area contributed by atoms with Gasteiger partial charge in [-0.2, -0.15) is 13.2 Å². The Morgan fingerprint density at radius 1 is 1.29 bits per heavy atom. The van der Waals surface area contributed by atoms with Crippen LogP contribution in [0.2, 0.25) is 0 Å². The van der Waals surface area contributed by atoms with Crippen LogP contribution >= 0.6 is 11.3 Å². The summed E-state index contributed by atoms with van der Waals surface area (Å²) in [4.78, 5) is 14.7. The van der Waals surface area contributed by atoms with Gasteiger partial charge in [0.25, 0.3) is 0 Å². The summed E-state index contributed by atoms with van der Waals surface area (Å²) in [5.41, 5.74) is 0.278. The number of halogens is 3. The van der Waals surface area contributed by atoms with Crippen molar-refractivity contribution in [1.82, 2.24) is 4.98 Å². The van der Waals surface area contributed by atoms with Gasteiger partial charge >= 0.3 is 6.18 Å². The Morgan fingerprint density at radius 3 is 2.53 bits per heavy atom. The Bertz CT molecular complexity index is 530. The first kappa shape index (κ1) is 11.8. The molecule has 0 fully saturated rings. The van der Waals surface area contributed by atoms with Gasteiger partial charge in [0.1, 0.15) is 0 Å². The van der Waals surface area contributed by atoms with Crippen molar-refractivity contribution in [3.05, 3.63) is 40.2 Å². The molecule has 0 atom stereocenters. The van der Waals surface area contributed by atoms with E-state index in [2.05, 4.69) is 4.98 Å². The van der Waals surface area contributed by atoms with Crippen LogP contribution in [0.25, 0.3) is 11.3 Å². The SMILES string of the molecule is O=Cc1cc(-c2ccc(C(F)(F)F)cn2)cs1. The Kier molecular flexibility index (Phi) is 2.97. The molecule has 2 heterocycles. The van der Waals surface area contributed by atoms with Crippen LogP contribution < -0.4 is 0 Å². The summed E-state index contributed by atoms with van der Waals surface area (Å²) in [7, 11) is 0. The van der Waals surface area contributed by atoms with Gasteiger partial charge in [-0.3, -0.25) is 9.78 Å². The number of hydrogen-bond acceptors (Lipinski definition) is 3. The fourth-order valence-electron chi connectivity index (χ4n) is 1.28. The Labute approximate surface area is 98.7 Å². The maximum atomic E-state index is 12.3. The second kappa shape index (κ2) is 4.29. The third kappa shape index (κ3) is 2.52. The highest BCUT2D eigenvalue weighted by molar-refractivity contribution is 7.12. The van der Waals surface area contributed by atoms with Gasteiger partial charge < -0.3 is 0 Å². The largest absolute Gasteiger partial charge is 0.417 e. The molecular formula is C11H6F3NOS. The van der Waals surface area contributed by atoms with E-state index in [1.807, 2.05) is 0 Å². The quantitative estimate of drug-likeness (QED) is 0.769. The number of thiophene rings is 1. The minimum Gasteiger partial charge on any atom is -0.297 e. The first-order valence-corrected chi connectivity index (χ1v) is 5.46. The minimum absolute atomic E-state index is 0.419. The highest BCUT2D eigenvalue weighted by Crippen LogP contribution is 2.30. The van der Waals surface area contributed by atoms with E-state index in [9.17, 15) is 18.0 Å². The molecule has 2 aromatic rings. The summed E-state index contributed by atoms with van der Waals surface area (Å²) >= 11 is 1.22. The Balaban J connectivity index is 2.32. The van der Waals surface area contributed by atoms with Crippen molar-refractivity contribution < 1.29 is 18.0 Å². The van der Waals surface area contributed by atoms with E-state index in [0.717, 1.165) is 12.3 Å². The zero-order chi connectivity index (χ0) is 12.5. The second-order valence-corrected chi connectivity index (χ2v) is 4.23. The van der Waals surface area contributed by atoms with Gasteiger partial charge in [0.05, 0.1) is 16.1 Å². The first-order chi connectivity index (χ1) is 8.00. The highest BCUT2D eigenvalue weighted by atomic mass is 32.1. The molecular weight excluding hydrogens is 251 g/mol. The van der Waals surface area contributed by atoms with E-state index in [1.165, 1.54) is 17.4 Å². The van der Waals surface area contributed by atoms with Crippen LogP contribution in [0, 0.1) is 0 Å². The van der Waals surface area contributed by atoms with Crippen LogP contribution in [0.5, 0.6) is 0 Å². The fraction of sp³-hybridized carbons (Fsp3) is 0.0909. The second-order valence-electron chi connectivity index (χ2n) is 3.29. The molecule has 0 aromatic carbocycles. The molecule has 88 valence electrons. The molecule has 0 radical (unpaired) electrons. The summed E-state index contributed by atoms with van der Waals surface area (Å²) in [6.07, 6.45) is -2.90. The van der Waals surface area contributed by atoms with Crippen LogP contribution in [-0.4, -0.2) is 11.3 Å². The Morgan fingerprint density at radius 2 is 2.06 bits per heavy atom. The lowest BCUT2D eigenvalue weighted by molar-refractivity contribution is -0.137. The van der Waals surface area contributed by atoms with E-state index in [4.69, 9.17) is 0 Å². The van der Waals surface area contributed by atoms with Gasteiger partial charge in [-0.15, -0.1) is 11.3 Å². The zero-order valence-electron chi connectivity index (χ0n) is 8.36. The van der Waals surface area contributed by atoms with Crippen molar-refractivity contribution in [2.24, 2.45) is 0 Å². The van der Waals surface area contributed by atoms with Gasteiger partial charge in [0.15, 0.2) is 6.29 Å². The summed E-state index contributed by atoms with van der Waals surface area (Å²) in [6.45, 7) is 0. The summed E-state index contributed by atoms with van der Waals surface area (Å²) in [6, 6.07) is 3.85. The van der Waals surface area contributed by atoms with Crippen LogP contribution in [0.4, 0.5) is 13.2 Å². The Hall–Kier alpha value is -1.69. The molecule has 2 nitrogen and oxygen atoms in total. The van der Waals surface area contributed by atoms with E-state index >= 15 is 0 Å². The fourth-order valence-corrected chi connectivity index (χ4v) is 1.98. The smallest absolute Gasteiger partial charge is 0.297 e. The van der Waals surface area contributed by atoms with Crippen LogP contribution in [0.15, 0.2) is 29.8 Å². The normalized spacial score (nSPS) is 11.5. The van der Waals surface area contributed by atoms with Crippen molar-refractivity contribution >= 4 is 17.6 Å². The summed E-state index contributed by atoms with van der Waals surface area (Å²) < 4.78 is 36.9. The van der Waals surface area contributed by atoms with Crippen molar-refractivity contribution in [3.63, 3.8) is 0 Å². The topological polar surface area (TPSA) is 30.0 Å². The number of pyridine rings is 1. The van der Waals surface area contributed by atoms with Gasteiger partial charge in [0, 0.05) is 17.1 Å². The highest BCUT2D eigenvalue weighted by Gasteiger charge is 2.30. The lowest BCUT2D eigenvalue weighted by atomic mass is 10.2. The molecule has 0 saturated heterocycles. The van der Waals surface area contributed by atoms with E-state index < -0.39 is 11.7 Å². The predicted octanol–water partition coefficient (Wildman–Crippen LogP) is 3.64. The van der Waals surface area contributed by atoms with Crippen molar-refractivity contribution in [2.45, 2.75) is 6.18 Å². The average Bonchev–Trinajstić information content (AvgIpc) is 2.76. The monoisotopic (exact) mass is 257 g/mol. The first-order valence-electron chi connectivity index (χ1n) is 4.58. The molecule has 6 heteroatoms. The molecule has 0 aliphatic rings. The number of alkyl halides is 3. The molecule has 2 rings (SSSR count). The molecule has 0 unspecified atom stereocenters. The van der Waals surface area contributed by atoms with Crippen LogP contribution in [-0.2, 0) is 6.18 Å². The minimum atomic E-state index is -4.38. The number of carbonyl (C=O) groups excluding carboxylic acids is 1. The van der Waals surface area contributed by atoms with Crippen LogP contribution in [0.1, 0.15) is 15.2 Å². The van der Waals surface area contributed by atoms with Gasteiger partial charge in [-0.25, -0.2) is 0 Å². The third-order valence-corrected chi connectivity index (χ3v) is 2.98.